The van der Waals surface area contributed by atoms with Gasteiger partial charge in [0.05, 0.1) is 6.61 Å². The van der Waals surface area contributed by atoms with Gasteiger partial charge < -0.3 is 19.1 Å². The van der Waals surface area contributed by atoms with Crippen LogP contribution in [0.2, 0.25) is 0 Å². The van der Waals surface area contributed by atoms with Crippen LogP contribution in [0.5, 0.6) is 17.2 Å². The zero-order chi connectivity index (χ0) is 16.9. The van der Waals surface area contributed by atoms with Gasteiger partial charge in [0.1, 0.15) is 11.6 Å². The van der Waals surface area contributed by atoms with Crippen LogP contribution in [0, 0.1) is 0 Å². The number of halogens is 3. The first-order valence-electron chi connectivity index (χ1n) is 8.79. The van der Waals surface area contributed by atoms with Crippen LogP contribution < -0.4 is 19.1 Å². The summed E-state index contributed by atoms with van der Waals surface area (Å²) in [7, 11) is 0. The highest BCUT2D eigenvalue weighted by Crippen LogP contribution is 2.35. The molecule has 1 aromatic heterocycles. The van der Waals surface area contributed by atoms with Gasteiger partial charge in [0.15, 0.2) is 11.5 Å². The second-order valence-electron chi connectivity index (χ2n) is 6.23. The third kappa shape index (κ3) is 6.21. The van der Waals surface area contributed by atoms with Crippen molar-refractivity contribution < 1.29 is 14.2 Å². The second kappa shape index (κ2) is 12.1. The minimum Gasteiger partial charge on any atom is -0.493 e. The average Bonchev–Trinajstić information content (AvgIpc) is 3.14. The quantitative estimate of drug-likeness (QED) is 0.626. The molecule has 2 aromatic rings. The maximum absolute atomic E-state index is 5.83. The lowest BCUT2D eigenvalue weighted by molar-refractivity contribution is 0.173. The molecule has 0 saturated carbocycles. The zero-order valence-electron chi connectivity index (χ0n) is 15.5. The maximum atomic E-state index is 5.83. The van der Waals surface area contributed by atoms with Crippen molar-refractivity contribution >= 4 is 43.0 Å². The topological polar surface area (TPSA) is 47.1 Å². The maximum Gasteiger partial charge on any atom is 0.231 e. The van der Waals surface area contributed by atoms with E-state index >= 15 is 0 Å². The molecule has 0 atom stereocenters. The number of hydrogen-bond acceptors (Lipinski definition) is 6. The van der Waals surface area contributed by atoms with Gasteiger partial charge in [-0.2, -0.15) is 0 Å². The monoisotopic (exact) mass is 449 g/mol. The van der Waals surface area contributed by atoms with Gasteiger partial charge in [-0.3, -0.25) is 4.90 Å². The molecule has 0 radical (unpaired) electrons. The molecule has 0 aliphatic carbocycles. The number of anilines is 1. The highest BCUT2D eigenvalue weighted by molar-refractivity contribution is 5.86. The van der Waals surface area contributed by atoms with E-state index in [1.54, 1.807) is 0 Å². The van der Waals surface area contributed by atoms with Crippen LogP contribution in [0.4, 0.5) is 5.82 Å². The van der Waals surface area contributed by atoms with Crippen molar-refractivity contribution in [2.24, 2.45) is 0 Å². The molecule has 0 spiro atoms. The molecule has 4 rings (SSSR count). The lowest BCUT2D eigenvalue weighted by atomic mass is 10.3. The molecule has 3 heterocycles. The van der Waals surface area contributed by atoms with Gasteiger partial charge in [0.25, 0.3) is 0 Å². The van der Waals surface area contributed by atoms with E-state index in [9.17, 15) is 0 Å². The number of aromatic nitrogens is 1. The SMILES string of the molecule is Cl.Cl.Cl.c1ccc(N2CCN(CCCOc3ccc4c(c3)OCO4)CC2)nc1. The first kappa shape index (κ1) is 24.4. The van der Waals surface area contributed by atoms with E-state index in [4.69, 9.17) is 14.2 Å². The fourth-order valence-corrected chi connectivity index (χ4v) is 3.19. The van der Waals surface area contributed by atoms with Crippen molar-refractivity contribution in [1.82, 2.24) is 9.88 Å². The summed E-state index contributed by atoms with van der Waals surface area (Å²) in [4.78, 5) is 9.26. The minimum absolute atomic E-state index is 0. The Kier molecular flexibility index (Phi) is 10.5. The number of nitrogens with zero attached hydrogens (tertiary/aromatic N) is 3. The Morgan fingerprint density at radius 1 is 0.929 bits per heavy atom. The summed E-state index contributed by atoms with van der Waals surface area (Å²) in [5, 5.41) is 0. The van der Waals surface area contributed by atoms with Crippen molar-refractivity contribution in [1.29, 1.82) is 0 Å². The molecule has 6 nitrogen and oxygen atoms in total. The van der Waals surface area contributed by atoms with Crippen molar-refractivity contribution in [2.75, 3.05) is 51.0 Å². The lowest BCUT2D eigenvalue weighted by Gasteiger charge is -2.35. The Labute approximate surface area is 184 Å². The van der Waals surface area contributed by atoms with Crippen molar-refractivity contribution in [3.8, 4) is 17.2 Å². The molecule has 0 unspecified atom stereocenters. The molecule has 0 amide bonds. The molecule has 9 heteroatoms. The van der Waals surface area contributed by atoms with Crippen LogP contribution >= 0.6 is 37.2 Å². The largest absolute Gasteiger partial charge is 0.493 e. The molecule has 1 fully saturated rings. The van der Waals surface area contributed by atoms with Crippen molar-refractivity contribution in [2.45, 2.75) is 6.42 Å². The highest BCUT2D eigenvalue weighted by atomic mass is 35.5. The Morgan fingerprint density at radius 2 is 1.71 bits per heavy atom. The molecule has 2 aliphatic rings. The summed E-state index contributed by atoms with van der Waals surface area (Å²) in [5.41, 5.74) is 0. The van der Waals surface area contributed by atoms with Crippen LogP contribution in [0.1, 0.15) is 6.42 Å². The summed E-state index contributed by atoms with van der Waals surface area (Å²) >= 11 is 0. The molecule has 2 aliphatic heterocycles. The normalized spacial score (nSPS) is 15.1. The minimum atomic E-state index is 0. The Balaban J connectivity index is 0.00000131. The van der Waals surface area contributed by atoms with E-state index in [1.165, 1.54) is 0 Å². The number of pyridine rings is 1. The summed E-state index contributed by atoms with van der Waals surface area (Å²) in [5.74, 6) is 3.47. The van der Waals surface area contributed by atoms with E-state index in [1.807, 2.05) is 36.5 Å². The molecule has 0 bridgehead atoms. The Hall–Kier alpha value is -1.60. The molecule has 28 heavy (non-hydrogen) atoms. The summed E-state index contributed by atoms with van der Waals surface area (Å²) in [6.07, 6.45) is 2.87. The van der Waals surface area contributed by atoms with Crippen molar-refractivity contribution in [3.63, 3.8) is 0 Å². The van der Waals surface area contributed by atoms with Gasteiger partial charge in [-0.25, -0.2) is 4.98 Å². The van der Waals surface area contributed by atoms with E-state index in [0.29, 0.717) is 13.4 Å². The number of hydrogen-bond donors (Lipinski definition) is 0. The van der Waals surface area contributed by atoms with Crippen LogP contribution in [0.25, 0.3) is 0 Å². The second-order valence-corrected chi connectivity index (χ2v) is 6.23. The van der Waals surface area contributed by atoms with Crippen LogP contribution in [-0.2, 0) is 0 Å². The van der Waals surface area contributed by atoms with Gasteiger partial charge in [-0.05, 0) is 30.7 Å². The smallest absolute Gasteiger partial charge is 0.231 e. The lowest BCUT2D eigenvalue weighted by Crippen LogP contribution is -2.47. The third-order valence-electron chi connectivity index (χ3n) is 4.58. The van der Waals surface area contributed by atoms with E-state index < -0.39 is 0 Å². The number of rotatable bonds is 6. The molecule has 1 aromatic carbocycles. The fourth-order valence-electron chi connectivity index (χ4n) is 3.19. The van der Waals surface area contributed by atoms with Crippen LogP contribution in [0.3, 0.4) is 0 Å². The van der Waals surface area contributed by atoms with Gasteiger partial charge in [0.2, 0.25) is 6.79 Å². The number of benzene rings is 1. The number of fused-ring (bicyclic) bond motifs is 1. The molecular formula is C19H26Cl3N3O3. The summed E-state index contributed by atoms with van der Waals surface area (Å²) in [6, 6.07) is 11.8. The number of ether oxygens (including phenoxy) is 3. The summed E-state index contributed by atoms with van der Waals surface area (Å²) in [6.45, 7) is 6.26. The first-order chi connectivity index (χ1) is 12.4. The molecule has 1 saturated heterocycles. The Bertz CT molecular complexity index is 701. The zero-order valence-corrected chi connectivity index (χ0v) is 17.9. The first-order valence-corrected chi connectivity index (χ1v) is 8.79. The molecule has 0 N–H and O–H groups in total. The standard InChI is InChI=1S/C19H23N3O3.3ClH/c1-2-7-20-19(4-1)22-11-9-21(10-12-22)8-3-13-23-16-5-6-17-18(14-16)25-15-24-17;;;/h1-2,4-7,14H,3,8-13,15H2;3*1H. The average molecular weight is 451 g/mol. The van der Waals surface area contributed by atoms with Gasteiger partial charge >= 0.3 is 0 Å². The highest BCUT2D eigenvalue weighted by Gasteiger charge is 2.17. The van der Waals surface area contributed by atoms with Gasteiger partial charge in [-0.15, -0.1) is 37.2 Å². The van der Waals surface area contributed by atoms with E-state index in [-0.39, 0.29) is 37.2 Å². The summed E-state index contributed by atoms with van der Waals surface area (Å²) < 4.78 is 16.5. The molecular weight excluding hydrogens is 425 g/mol. The van der Waals surface area contributed by atoms with Crippen molar-refractivity contribution in [3.05, 3.63) is 42.6 Å². The van der Waals surface area contributed by atoms with E-state index in [0.717, 1.165) is 62.2 Å². The van der Waals surface area contributed by atoms with Gasteiger partial charge in [-0.1, -0.05) is 6.07 Å². The van der Waals surface area contributed by atoms with Crippen LogP contribution in [-0.4, -0.2) is 56.0 Å². The predicted molar refractivity (Wildman–Crippen MR) is 117 cm³/mol. The Morgan fingerprint density at radius 3 is 2.46 bits per heavy atom. The van der Waals surface area contributed by atoms with E-state index in [2.05, 4.69) is 20.9 Å². The van der Waals surface area contributed by atoms with Gasteiger partial charge in [0, 0.05) is 45.0 Å². The van der Waals surface area contributed by atoms with Crippen LogP contribution in [0.15, 0.2) is 42.6 Å². The number of piperazine rings is 1. The fraction of sp³-hybridized carbons (Fsp3) is 0.421. The third-order valence-corrected chi connectivity index (χ3v) is 4.58. The predicted octanol–water partition coefficient (Wildman–Crippen LogP) is 3.67. The molecule has 156 valence electrons.